The van der Waals surface area contributed by atoms with Gasteiger partial charge in [0, 0.05) is 39.4 Å². The molecule has 0 spiro atoms. The first-order valence-electron chi connectivity index (χ1n) is 9.58. The molecule has 1 unspecified atom stereocenters. The fraction of sp³-hybridized carbons (Fsp3) is 0.944. The predicted molar refractivity (Wildman–Crippen MR) is 115 cm³/mol. The topological polar surface area (TPSA) is 48.9 Å². The van der Waals surface area contributed by atoms with Crippen LogP contribution in [0.25, 0.3) is 0 Å². The fourth-order valence-electron chi connectivity index (χ4n) is 2.91. The highest BCUT2D eigenvalue weighted by Crippen LogP contribution is 2.11. The molecule has 0 amide bonds. The van der Waals surface area contributed by atoms with Crippen LogP contribution in [0.1, 0.15) is 52.9 Å². The summed E-state index contributed by atoms with van der Waals surface area (Å²) in [5.74, 6) is 1.57. The van der Waals surface area contributed by atoms with Gasteiger partial charge in [-0.1, -0.05) is 13.3 Å². The second-order valence-electron chi connectivity index (χ2n) is 6.52. The van der Waals surface area contributed by atoms with Crippen molar-refractivity contribution in [2.45, 2.75) is 52.9 Å². The van der Waals surface area contributed by atoms with Crippen LogP contribution in [0.2, 0.25) is 0 Å². The van der Waals surface area contributed by atoms with E-state index in [0.717, 1.165) is 51.6 Å². The number of piperidine rings is 1. The third-order valence-electron chi connectivity index (χ3n) is 4.14. The maximum Gasteiger partial charge on any atom is 0.191 e. The zero-order valence-corrected chi connectivity index (χ0v) is 18.3. The van der Waals surface area contributed by atoms with Gasteiger partial charge < -0.3 is 20.3 Å². The van der Waals surface area contributed by atoms with E-state index >= 15 is 0 Å². The Hall–Kier alpha value is -0.0800. The van der Waals surface area contributed by atoms with Crippen LogP contribution in [0.3, 0.4) is 0 Å². The highest BCUT2D eigenvalue weighted by Gasteiger charge is 2.13. The summed E-state index contributed by atoms with van der Waals surface area (Å²) in [5.41, 5.74) is 0. The summed E-state index contributed by atoms with van der Waals surface area (Å²) < 4.78 is 5.36. The van der Waals surface area contributed by atoms with Crippen molar-refractivity contribution < 1.29 is 4.74 Å². The van der Waals surface area contributed by atoms with Crippen molar-refractivity contribution in [1.82, 2.24) is 15.5 Å². The summed E-state index contributed by atoms with van der Waals surface area (Å²) in [6.07, 6.45) is 6.35. The van der Waals surface area contributed by atoms with Crippen molar-refractivity contribution in [1.29, 1.82) is 0 Å². The Morgan fingerprint density at radius 3 is 2.54 bits per heavy atom. The number of aliphatic imine (C=N–C) groups is 1. The Morgan fingerprint density at radius 1 is 1.12 bits per heavy atom. The smallest absolute Gasteiger partial charge is 0.191 e. The van der Waals surface area contributed by atoms with E-state index in [1.54, 1.807) is 0 Å². The third kappa shape index (κ3) is 12.3. The molecule has 0 saturated carbocycles. The lowest BCUT2D eigenvalue weighted by molar-refractivity contribution is 0.143. The molecule has 0 aromatic heterocycles. The molecule has 144 valence electrons. The zero-order valence-electron chi connectivity index (χ0n) is 16.0. The average molecular weight is 454 g/mol. The van der Waals surface area contributed by atoms with E-state index in [1.165, 1.54) is 38.9 Å². The molecule has 1 saturated heterocycles. The maximum absolute atomic E-state index is 5.36. The summed E-state index contributed by atoms with van der Waals surface area (Å²) in [4.78, 5) is 7.34. The molecule has 0 bridgehead atoms. The molecule has 24 heavy (non-hydrogen) atoms. The van der Waals surface area contributed by atoms with Crippen molar-refractivity contribution in [2.75, 3.05) is 52.5 Å². The van der Waals surface area contributed by atoms with Crippen LogP contribution < -0.4 is 10.6 Å². The first-order chi connectivity index (χ1) is 11.3. The molecule has 1 rings (SSSR count). The molecule has 0 aromatic carbocycles. The van der Waals surface area contributed by atoms with Gasteiger partial charge in [-0.05, 0) is 58.5 Å². The molecule has 1 fully saturated rings. The fourth-order valence-corrected chi connectivity index (χ4v) is 2.91. The molecule has 6 heteroatoms. The second kappa shape index (κ2) is 16.4. The lowest BCUT2D eigenvalue weighted by atomic mass is 10.1. The molecule has 1 aliphatic rings. The number of likely N-dealkylation sites (tertiary alicyclic amines) is 1. The number of hydrogen-bond acceptors (Lipinski definition) is 3. The van der Waals surface area contributed by atoms with E-state index in [9.17, 15) is 0 Å². The van der Waals surface area contributed by atoms with Crippen LogP contribution in [0.15, 0.2) is 4.99 Å². The molecule has 1 heterocycles. The molecule has 0 radical (unpaired) electrons. The van der Waals surface area contributed by atoms with Gasteiger partial charge >= 0.3 is 0 Å². The number of guanidine groups is 1. The third-order valence-corrected chi connectivity index (χ3v) is 4.14. The Balaban J connectivity index is 0.00000529. The van der Waals surface area contributed by atoms with Crippen molar-refractivity contribution in [2.24, 2.45) is 10.9 Å². The van der Waals surface area contributed by atoms with Gasteiger partial charge in [0.1, 0.15) is 0 Å². The highest BCUT2D eigenvalue weighted by molar-refractivity contribution is 14.0. The van der Waals surface area contributed by atoms with E-state index in [-0.39, 0.29) is 24.0 Å². The Morgan fingerprint density at radius 2 is 1.88 bits per heavy atom. The molecule has 5 nitrogen and oxygen atoms in total. The average Bonchev–Trinajstić information content (AvgIpc) is 2.56. The molecule has 0 aliphatic carbocycles. The summed E-state index contributed by atoms with van der Waals surface area (Å²) in [7, 11) is 0. The first kappa shape index (κ1) is 23.9. The van der Waals surface area contributed by atoms with Gasteiger partial charge in [0.2, 0.25) is 0 Å². The van der Waals surface area contributed by atoms with Gasteiger partial charge in [-0.15, -0.1) is 24.0 Å². The van der Waals surface area contributed by atoms with E-state index in [0.29, 0.717) is 5.92 Å². The van der Waals surface area contributed by atoms with Crippen molar-refractivity contribution in [3.8, 4) is 0 Å². The highest BCUT2D eigenvalue weighted by atomic mass is 127. The molecule has 2 N–H and O–H groups in total. The van der Waals surface area contributed by atoms with E-state index in [2.05, 4.69) is 29.4 Å². The van der Waals surface area contributed by atoms with Crippen molar-refractivity contribution in [3.05, 3.63) is 0 Å². The number of nitrogens with one attached hydrogen (secondary N) is 2. The monoisotopic (exact) mass is 454 g/mol. The summed E-state index contributed by atoms with van der Waals surface area (Å²) in [5, 5.41) is 6.76. The van der Waals surface area contributed by atoms with Gasteiger partial charge in [0.15, 0.2) is 5.96 Å². The Labute approximate surface area is 166 Å². The normalized spacial score (nSPS) is 17.2. The molecule has 1 aliphatic heterocycles. The van der Waals surface area contributed by atoms with Crippen LogP contribution in [-0.4, -0.2) is 63.3 Å². The number of nitrogens with zero attached hydrogens (tertiary/aromatic N) is 2. The summed E-state index contributed by atoms with van der Waals surface area (Å²) in [6.45, 7) is 14.6. The minimum Gasteiger partial charge on any atom is -0.382 e. The van der Waals surface area contributed by atoms with Gasteiger partial charge in [-0.25, -0.2) is 0 Å². The lowest BCUT2D eigenvalue weighted by Crippen LogP contribution is -2.39. The minimum absolute atomic E-state index is 0. The number of rotatable bonds is 11. The van der Waals surface area contributed by atoms with E-state index < -0.39 is 0 Å². The van der Waals surface area contributed by atoms with Crippen LogP contribution in [0.4, 0.5) is 0 Å². The number of unbranched alkanes of at least 4 members (excludes halogenated alkanes) is 1. The molecule has 1 atom stereocenters. The molecular formula is C18H39IN4O. The van der Waals surface area contributed by atoms with E-state index in [4.69, 9.17) is 9.73 Å². The first-order valence-corrected chi connectivity index (χ1v) is 9.58. The lowest BCUT2D eigenvalue weighted by Gasteiger charge is -2.28. The Kier molecular flexibility index (Phi) is 16.3. The number of hydrogen-bond donors (Lipinski definition) is 2. The second-order valence-corrected chi connectivity index (χ2v) is 6.52. The van der Waals surface area contributed by atoms with Crippen LogP contribution >= 0.6 is 24.0 Å². The predicted octanol–water partition coefficient (Wildman–Crippen LogP) is 3.10. The SMILES string of the molecule is CCNC(=NCC(C)CN1CCCCC1)NCCCCOCC.I. The molecular weight excluding hydrogens is 415 g/mol. The van der Waals surface area contributed by atoms with Gasteiger partial charge in [-0.3, -0.25) is 4.99 Å². The summed E-state index contributed by atoms with van der Waals surface area (Å²) in [6, 6.07) is 0. The van der Waals surface area contributed by atoms with Crippen LogP contribution in [0.5, 0.6) is 0 Å². The van der Waals surface area contributed by atoms with Gasteiger partial charge in [0.05, 0.1) is 0 Å². The quantitative estimate of drug-likeness (QED) is 0.218. The van der Waals surface area contributed by atoms with Crippen molar-refractivity contribution >= 4 is 29.9 Å². The van der Waals surface area contributed by atoms with Gasteiger partial charge in [-0.2, -0.15) is 0 Å². The van der Waals surface area contributed by atoms with Crippen LogP contribution in [0, 0.1) is 5.92 Å². The maximum atomic E-state index is 5.36. The number of halogens is 1. The standard InChI is InChI=1S/C18H38N4O.HI/c1-4-19-18(20-11-7-10-14-23-5-2)21-15-17(3)16-22-12-8-6-9-13-22;/h17H,4-16H2,1-3H3,(H2,19,20,21);1H. The largest absolute Gasteiger partial charge is 0.382 e. The number of ether oxygens (including phenoxy) is 1. The Bertz CT molecular complexity index is 309. The molecule has 0 aromatic rings. The minimum atomic E-state index is 0. The van der Waals surface area contributed by atoms with Gasteiger partial charge in [0.25, 0.3) is 0 Å². The van der Waals surface area contributed by atoms with E-state index in [1.807, 2.05) is 6.92 Å². The summed E-state index contributed by atoms with van der Waals surface area (Å²) >= 11 is 0. The van der Waals surface area contributed by atoms with Crippen molar-refractivity contribution in [3.63, 3.8) is 0 Å². The van der Waals surface area contributed by atoms with Crippen LogP contribution in [-0.2, 0) is 4.74 Å². The zero-order chi connectivity index (χ0) is 16.8.